The Morgan fingerprint density at radius 1 is 1.48 bits per heavy atom. The van der Waals surface area contributed by atoms with E-state index >= 15 is 0 Å². The number of carboxylic acid groups (broad SMARTS) is 1. The molecule has 0 aliphatic carbocycles. The molecule has 1 aliphatic rings. The van der Waals surface area contributed by atoms with Crippen molar-refractivity contribution >= 4 is 11.9 Å². The number of hydrogen-bond donors (Lipinski definition) is 2. The molecule has 0 saturated carbocycles. The number of nitrogens with one attached hydrogen (secondary N) is 1. The predicted octanol–water partition coefficient (Wildman–Crippen LogP) is 1.64. The van der Waals surface area contributed by atoms with E-state index in [9.17, 15) is 9.59 Å². The Kier molecular flexibility index (Phi) is 5.98. The second-order valence-electron chi connectivity index (χ2n) is 5.82. The fourth-order valence-electron chi connectivity index (χ4n) is 2.61. The van der Waals surface area contributed by atoms with Gasteiger partial charge in [-0.15, -0.1) is 0 Å². The van der Waals surface area contributed by atoms with E-state index in [1.807, 2.05) is 36.1 Å². The summed E-state index contributed by atoms with van der Waals surface area (Å²) in [7, 11) is 0. The summed E-state index contributed by atoms with van der Waals surface area (Å²) in [5, 5.41) is 11.8. The fourth-order valence-corrected chi connectivity index (χ4v) is 2.61. The van der Waals surface area contributed by atoms with Gasteiger partial charge in [0.05, 0.1) is 12.5 Å². The lowest BCUT2D eigenvalue weighted by molar-refractivity contribution is -0.143. The van der Waals surface area contributed by atoms with Crippen LogP contribution in [0.5, 0.6) is 5.75 Å². The highest BCUT2D eigenvalue weighted by molar-refractivity contribution is 5.86. The van der Waals surface area contributed by atoms with Gasteiger partial charge < -0.3 is 15.2 Å². The lowest BCUT2D eigenvalue weighted by Gasteiger charge is -2.34. The predicted molar refractivity (Wildman–Crippen MR) is 86.3 cm³/mol. The Balaban J connectivity index is 2.16. The van der Waals surface area contributed by atoms with E-state index in [1.54, 1.807) is 0 Å². The molecule has 1 heterocycles. The van der Waals surface area contributed by atoms with Crippen LogP contribution in [0.2, 0.25) is 0 Å². The Labute approximate surface area is 136 Å². The van der Waals surface area contributed by atoms with Gasteiger partial charge in [-0.25, -0.2) is 0 Å². The second kappa shape index (κ2) is 7.97. The molecule has 6 nitrogen and oxygen atoms in total. The number of carbonyl (C=O) groups is 2. The standard InChI is InChI=1S/C17H24N2O4/c1-3-12(2)23-15-7-5-4-6-13(15)11-19-9-8-18-17(22)14(19)10-16(20)21/h4-7,12,14H,3,8-11H2,1-2H3,(H,18,22)(H,20,21). The maximum Gasteiger partial charge on any atom is 0.305 e. The third-order valence-corrected chi connectivity index (χ3v) is 4.06. The number of piperazine rings is 1. The maximum atomic E-state index is 12.0. The molecule has 2 N–H and O–H groups in total. The highest BCUT2D eigenvalue weighted by Crippen LogP contribution is 2.23. The average molecular weight is 320 g/mol. The zero-order chi connectivity index (χ0) is 16.8. The summed E-state index contributed by atoms with van der Waals surface area (Å²) in [5.41, 5.74) is 0.970. The van der Waals surface area contributed by atoms with Gasteiger partial charge in [-0.2, -0.15) is 0 Å². The number of ether oxygens (including phenoxy) is 1. The Bertz CT molecular complexity index is 561. The van der Waals surface area contributed by atoms with Crippen LogP contribution in [-0.2, 0) is 16.1 Å². The van der Waals surface area contributed by atoms with E-state index in [0.717, 1.165) is 17.7 Å². The Morgan fingerprint density at radius 3 is 2.91 bits per heavy atom. The summed E-state index contributed by atoms with van der Waals surface area (Å²) in [6.45, 7) is 5.73. The van der Waals surface area contributed by atoms with Crippen LogP contribution in [0.25, 0.3) is 0 Å². The molecule has 0 radical (unpaired) electrons. The molecule has 0 aromatic heterocycles. The Morgan fingerprint density at radius 2 is 2.22 bits per heavy atom. The summed E-state index contributed by atoms with van der Waals surface area (Å²) in [4.78, 5) is 24.9. The van der Waals surface area contributed by atoms with Crippen molar-refractivity contribution in [1.29, 1.82) is 0 Å². The highest BCUT2D eigenvalue weighted by Gasteiger charge is 2.31. The molecule has 0 bridgehead atoms. The number of carboxylic acids is 1. The largest absolute Gasteiger partial charge is 0.490 e. The summed E-state index contributed by atoms with van der Waals surface area (Å²) in [6, 6.07) is 7.08. The van der Waals surface area contributed by atoms with Crippen LogP contribution in [0.4, 0.5) is 0 Å². The minimum atomic E-state index is -0.971. The van der Waals surface area contributed by atoms with Gasteiger partial charge in [-0.1, -0.05) is 25.1 Å². The van der Waals surface area contributed by atoms with Crippen molar-refractivity contribution in [2.24, 2.45) is 0 Å². The molecule has 6 heteroatoms. The van der Waals surface area contributed by atoms with E-state index in [1.165, 1.54) is 0 Å². The highest BCUT2D eigenvalue weighted by atomic mass is 16.5. The summed E-state index contributed by atoms with van der Waals surface area (Å²) < 4.78 is 5.94. The van der Waals surface area contributed by atoms with Crippen LogP contribution >= 0.6 is 0 Å². The first-order chi connectivity index (χ1) is 11.0. The van der Waals surface area contributed by atoms with E-state index in [-0.39, 0.29) is 18.4 Å². The number of benzene rings is 1. The second-order valence-corrected chi connectivity index (χ2v) is 5.82. The SMILES string of the molecule is CCC(C)Oc1ccccc1CN1CCNC(=O)C1CC(=O)O. The van der Waals surface area contributed by atoms with E-state index in [2.05, 4.69) is 12.2 Å². The van der Waals surface area contributed by atoms with Crippen molar-refractivity contribution in [1.82, 2.24) is 10.2 Å². The van der Waals surface area contributed by atoms with Crippen LogP contribution < -0.4 is 10.1 Å². The van der Waals surface area contributed by atoms with Crippen LogP contribution in [-0.4, -0.2) is 47.1 Å². The number of rotatable bonds is 7. The van der Waals surface area contributed by atoms with E-state index in [0.29, 0.717) is 19.6 Å². The summed E-state index contributed by atoms with van der Waals surface area (Å²) in [5.74, 6) is -0.401. The lowest BCUT2D eigenvalue weighted by Crippen LogP contribution is -2.55. The van der Waals surface area contributed by atoms with Crippen LogP contribution in [0.1, 0.15) is 32.3 Å². The zero-order valence-corrected chi connectivity index (χ0v) is 13.6. The van der Waals surface area contributed by atoms with E-state index in [4.69, 9.17) is 9.84 Å². The molecule has 0 spiro atoms. The molecule has 2 unspecified atom stereocenters. The average Bonchev–Trinajstić information content (AvgIpc) is 2.52. The molecule has 2 atom stereocenters. The molecule has 1 fully saturated rings. The summed E-state index contributed by atoms with van der Waals surface area (Å²) in [6.07, 6.45) is 0.818. The van der Waals surface area contributed by atoms with Crippen molar-refractivity contribution in [3.8, 4) is 5.75 Å². The first kappa shape index (κ1) is 17.3. The Hall–Kier alpha value is -2.08. The molecule has 23 heavy (non-hydrogen) atoms. The van der Waals surface area contributed by atoms with Crippen molar-refractivity contribution in [2.45, 2.75) is 45.4 Å². The van der Waals surface area contributed by atoms with Crippen molar-refractivity contribution in [2.75, 3.05) is 13.1 Å². The van der Waals surface area contributed by atoms with Gasteiger partial charge in [-0.3, -0.25) is 14.5 Å². The van der Waals surface area contributed by atoms with Gasteiger partial charge in [0.15, 0.2) is 0 Å². The molecule has 1 aliphatic heterocycles. The van der Waals surface area contributed by atoms with Crippen LogP contribution in [0.3, 0.4) is 0 Å². The van der Waals surface area contributed by atoms with Crippen molar-refractivity contribution in [3.63, 3.8) is 0 Å². The molecular weight excluding hydrogens is 296 g/mol. The number of para-hydroxylation sites is 1. The molecule has 1 amide bonds. The summed E-state index contributed by atoms with van der Waals surface area (Å²) >= 11 is 0. The van der Waals surface area contributed by atoms with Crippen LogP contribution in [0.15, 0.2) is 24.3 Å². The van der Waals surface area contributed by atoms with Gasteiger partial charge in [0.25, 0.3) is 0 Å². The van der Waals surface area contributed by atoms with Gasteiger partial charge in [0, 0.05) is 25.2 Å². The number of amides is 1. The molecular formula is C17H24N2O4. The first-order valence-corrected chi connectivity index (χ1v) is 7.99. The fraction of sp³-hybridized carbons (Fsp3) is 0.529. The third-order valence-electron chi connectivity index (χ3n) is 4.06. The quantitative estimate of drug-likeness (QED) is 0.798. The first-order valence-electron chi connectivity index (χ1n) is 7.99. The van der Waals surface area contributed by atoms with Gasteiger partial charge in [0.1, 0.15) is 11.8 Å². The lowest BCUT2D eigenvalue weighted by atomic mass is 10.1. The molecule has 2 rings (SSSR count). The molecule has 1 saturated heterocycles. The number of nitrogens with zero attached hydrogens (tertiary/aromatic N) is 1. The molecule has 126 valence electrons. The molecule has 1 aromatic rings. The third kappa shape index (κ3) is 4.69. The van der Waals surface area contributed by atoms with Crippen molar-refractivity contribution < 1.29 is 19.4 Å². The maximum absolute atomic E-state index is 12.0. The zero-order valence-electron chi connectivity index (χ0n) is 13.6. The normalized spacial score (nSPS) is 19.9. The number of aliphatic carboxylic acids is 1. The topological polar surface area (TPSA) is 78.9 Å². The van der Waals surface area contributed by atoms with Crippen LogP contribution in [0, 0.1) is 0 Å². The van der Waals surface area contributed by atoms with Gasteiger partial charge in [0.2, 0.25) is 5.91 Å². The minimum Gasteiger partial charge on any atom is -0.490 e. The van der Waals surface area contributed by atoms with Crippen molar-refractivity contribution in [3.05, 3.63) is 29.8 Å². The minimum absolute atomic E-state index is 0.107. The molecule has 1 aromatic carbocycles. The number of hydrogen-bond acceptors (Lipinski definition) is 4. The van der Waals surface area contributed by atoms with Gasteiger partial charge in [-0.05, 0) is 19.4 Å². The number of carbonyl (C=O) groups excluding carboxylic acids is 1. The van der Waals surface area contributed by atoms with Gasteiger partial charge >= 0.3 is 5.97 Å². The smallest absolute Gasteiger partial charge is 0.305 e. The monoisotopic (exact) mass is 320 g/mol. The van der Waals surface area contributed by atoms with E-state index < -0.39 is 12.0 Å².